The molecule has 0 bridgehead atoms. The Labute approximate surface area is 218 Å². The molecule has 1 radical (unpaired) electrons. The van der Waals surface area contributed by atoms with Gasteiger partial charge < -0.3 is 0 Å². The van der Waals surface area contributed by atoms with Crippen molar-refractivity contribution in [3.8, 4) is 0 Å². The minimum absolute atomic E-state index is 0. The second kappa shape index (κ2) is 14.0. The van der Waals surface area contributed by atoms with Gasteiger partial charge in [0.25, 0.3) is 0 Å². The Bertz CT molecular complexity index is 832. The molecular formula is C29H37Si2Zr. The van der Waals surface area contributed by atoms with Crippen LogP contribution in [0.2, 0.25) is 39.3 Å². The summed E-state index contributed by atoms with van der Waals surface area (Å²) in [5, 5.41) is 2.98. The van der Waals surface area contributed by atoms with Crippen LogP contribution in [0.3, 0.4) is 0 Å². The molecule has 0 nitrogen and oxygen atoms in total. The van der Waals surface area contributed by atoms with Crippen molar-refractivity contribution in [1.82, 2.24) is 0 Å². The summed E-state index contributed by atoms with van der Waals surface area (Å²) >= 11 is 0. The molecule has 2 aromatic carbocycles. The van der Waals surface area contributed by atoms with Gasteiger partial charge in [-0.15, -0.1) is 54.7 Å². The summed E-state index contributed by atoms with van der Waals surface area (Å²) in [4.78, 5) is 0. The quantitative estimate of drug-likeness (QED) is 0.274. The summed E-state index contributed by atoms with van der Waals surface area (Å²) in [5.74, 6) is 0. The molecule has 0 heterocycles. The Morgan fingerprint density at radius 2 is 0.938 bits per heavy atom. The predicted octanol–water partition coefficient (Wildman–Crippen LogP) is 8.39. The Balaban J connectivity index is 0.000000243. The fourth-order valence-electron chi connectivity index (χ4n) is 3.13. The second-order valence-electron chi connectivity index (χ2n) is 9.86. The maximum Gasteiger partial charge on any atom is 3.00 e. The topological polar surface area (TPSA) is 0 Å². The molecule has 32 heavy (non-hydrogen) atoms. The van der Waals surface area contributed by atoms with Gasteiger partial charge >= 0.3 is 26.2 Å². The molecule has 2 aliphatic carbocycles. The molecule has 4 rings (SSSR count). The third-order valence-corrected chi connectivity index (χ3v) is 8.86. The molecule has 0 aliphatic heterocycles. The van der Waals surface area contributed by atoms with Crippen molar-refractivity contribution in [3.05, 3.63) is 125 Å². The number of hydrogen-bond acceptors (Lipinski definition) is 0. The van der Waals surface area contributed by atoms with E-state index in [2.05, 4.69) is 131 Å². The van der Waals surface area contributed by atoms with E-state index in [0.29, 0.717) is 0 Å². The zero-order chi connectivity index (χ0) is 22.7. The summed E-state index contributed by atoms with van der Waals surface area (Å²) in [7, 11) is -2.01. The number of hydrogen-bond donors (Lipinski definition) is 0. The third kappa shape index (κ3) is 10.9. The first-order valence-electron chi connectivity index (χ1n) is 11.2. The van der Waals surface area contributed by atoms with Crippen LogP contribution in [0, 0.1) is 18.6 Å². The van der Waals surface area contributed by atoms with Crippen LogP contribution >= 0.6 is 0 Å². The third-order valence-electron chi connectivity index (χ3n) is 4.94. The van der Waals surface area contributed by atoms with E-state index in [1.165, 1.54) is 21.5 Å². The molecule has 2 aromatic rings. The van der Waals surface area contributed by atoms with Crippen molar-refractivity contribution >= 4 is 16.1 Å². The normalized spacial score (nSPS) is 14.2. The first kappa shape index (κ1) is 28.6. The zero-order valence-electron chi connectivity index (χ0n) is 20.6. The van der Waals surface area contributed by atoms with Crippen LogP contribution in [-0.2, 0) is 26.2 Å². The van der Waals surface area contributed by atoms with Gasteiger partial charge in [0, 0.05) is 16.1 Å². The molecule has 2 aliphatic rings. The van der Waals surface area contributed by atoms with Gasteiger partial charge in [-0.05, 0) is 0 Å². The Hall–Kier alpha value is -1.41. The molecule has 165 valence electrons. The maximum atomic E-state index is 3.36. The fraction of sp³-hybridized carbons (Fsp3) is 0.276. The van der Waals surface area contributed by atoms with Crippen molar-refractivity contribution < 1.29 is 26.2 Å². The van der Waals surface area contributed by atoms with Crippen LogP contribution in [-0.4, -0.2) is 16.1 Å². The molecule has 0 atom stereocenters. The smallest absolute Gasteiger partial charge is 0.274 e. The van der Waals surface area contributed by atoms with Gasteiger partial charge in [-0.3, -0.25) is 12.2 Å². The first-order chi connectivity index (χ1) is 14.7. The second-order valence-corrected chi connectivity index (χ2v) is 19.9. The molecule has 0 saturated carbocycles. The molecule has 0 saturated heterocycles. The summed E-state index contributed by atoms with van der Waals surface area (Å²) in [6.07, 6.45) is 19.8. The standard InChI is InChI=1S/C13H11.2C8H13Si.Zr/c1-3-7-12(8-4-1)11-13-9-5-2-6-10-13;2*1-9(2,3)8-6-4-5-7-8;/h1-11H;2*4,6H,5H2,1-3H3;/q3*-1;+3. The number of rotatable bonds is 4. The average molecular weight is 533 g/mol. The van der Waals surface area contributed by atoms with E-state index < -0.39 is 16.1 Å². The van der Waals surface area contributed by atoms with E-state index in [-0.39, 0.29) is 26.2 Å². The van der Waals surface area contributed by atoms with Crippen LogP contribution in [0.5, 0.6) is 0 Å². The van der Waals surface area contributed by atoms with Gasteiger partial charge in [0.1, 0.15) is 0 Å². The van der Waals surface area contributed by atoms with E-state index in [1.54, 1.807) is 0 Å². The molecule has 0 aromatic heterocycles. The summed E-state index contributed by atoms with van der Waals surface area (Å²) in [6.45, 7) is 14.1. The maximum absolute atomic E-state index is 3.36. The zero-order valence-corrected chi connectivity index (χ0v) is 25.0. The SMILES string of the molecule is C[Si](C)(C)C1=[C-]CC=C1.C[Si](C)(C)C1=[C-]CC=C1.[Zr+3].c1ccc([CH-]c2ccccc2)cc1. The monoisotopic (exact) mass is 531 g/mol. The Kier molecular flexibility index (Phi) is 12.5. The Morgan fingerprint density at radius 3 is 1.16 bits per heavy atom. The summed E-state index contributed by atoms with van der Waals surface area (Å²) < 4.78 is 0. The van der Waals surface area contributed by atoms with Gasteiger partial charge in [-0.1, -0.05) is 75.7 Å². The van der Waals surface area contributed by atoms with E-state index in [1.807, 2.05) is 12.1 Å². The van der Waals surface area contributed by atoms with Gasteiger partial charge in [0.2, 0.25) is 0 Å². The van der Waals surface area contributed by atoms with Crippen LogP contribution in [0.25, 0.3) is 0 Å². The summed E-state index contributed by atoms with van der Waals surface area (Å²) in [5.41, 5.74) is 2.49. The van der Waals surface area contributed by atoms with Crippen molar-refractivity contribution in [2.75, 3.05) is 0 Å². The van der Waals surface area contributed by atoms with Crippen molar-refractivity contribution in [3.63, 3.8) is 0 Å². The molecule has 0 N–H and O–H groups in total. The number of benzene rings is 2. The van der Waals surface area contributed by atoms with Crippen molar-refractivity contribution in [1.29, 1.82) is 0 Å². The van der Waals surface area contributed by atoms with Gasteiger partial charge in [0.05, 0.1) is 0 Å². The number of allylic oxidation sites excluding steroid dienone is 8. The fourth-order valence-corrected chi connectivity index (χ4v) is 5.63. The van der Waals surface area contributed by atoms with Crippen LogP contribution < -0.4 is 0 Å². The van der Waals surface area contributed by atoms with Gasteiger partial charge in [-0.2, -0.15) is 12.2 Å². The molecule has 0 fully saturated rings. The van der Waals surface area contributed by atoms with E-state index in [4.69, 9.17) is 0 Å². The average Bonchev–Trinajstić information content (AvgIpc) is 3.44. The van der Waals surface area contributed by atoms with Crippen LogP contribution in [0.15, 0.2) is 95.4 Å². The minimum atomic E-state index is -1.01. The molecular weight excluding hydrogens is 496 g/mol. The van der Waals surface area contributed by atoms with E-state index in [0.717, 1.165) is 12.8 Å². The minimum Gasteiger partial charge on any atom is -0.274 e. The van der Waals surface area contributed by atoms with E-state index >= 15 is 0 Å². The Morgan fingerprint density at radius 1 is 0.594 bits per heavy atom. The largest absolute Gasteiger partial charge is 3.00 e. The van der Waals surface area contributed by atoms with E-state index in [9.17, 15) is 0 Å². The molecule has 0 amide bonds. The first-order valence-corrected chi connectivity index (χ1v) is 18.2. The van der Waals surface area contributed by atoms with Gasteiger partial charge in [0.15, 0.2) is 0 Å². The van der Waals surface area contributed by atoms with Crippen LogP contribution in [0.4, 0.5) is 0 Å². The summed E-state index contributed by atoms with van der Waals surface area (Å²) in [6, 6.07) is 20.7. The molecule has 0 spiro atoms. The molecule has 3 heteroatoms. The predicted molar refractivity (Wildman–Crippen MR) is 143 cm³/mol. The molecule has 0 unspecified atom stereocenters. The van der Waals surface area contributed by atoms with Crippen molar-refractivity contribution in [2.45, 2.75) is 52.1 Å². The van der Waals surface area contributed by atoms with Crippen molar-refractivity contribution in [2.24, 2.45) is 0 Å². The van der Waals surface area contributed by atoms with Gasteiger partial charge in [-0.25, -0.2) is 22.5 Å². The van der Waals surface area contributed by atoms with Crippen LogP contribution in [0.1, 0.15) is 24.0 Å².